The molecule has 1 saturated heterocycles. The van der Waals surface area contributed by atoms with Gasteiger partial charge in [-0.25, -0.2) is 9.59 Å². The fourth-order valence-electron chi connectivity index (χ4n) is 6.57. The SMILES string of the molecule is CN(C(=O)OCc1ccccc1)C1CCCCC1C(=O)N1CCC[C@H]1C(=O)N[C@@H](CCCNC(=N)N)C(=O)C(O[C]=O)c1ccccc1. The average Bonchev–Trinajstić information content (AvgIpc) is 3.61. The summed E-state index contributed by atoms with van der Waals surface area (Å²) < 4.78 is 10.6. The number of Topliss-reactive ketones (excluding diaryl/α,β-unsaturated/α-hetero) is 1. The van der Waals surface area contributed by atoms with E-state index in [0.29, 0.717) is 44.2 Å². The van der Waals surface area contributed by atoms with Crippen LogP contribution < -0.4 is 16.4 Å². The van der Waals surface area contributed by atoms with Gasteiger partial charge in [-0.3, -0.25) is 19.8 Å². The van der Waals surface area contributed by atoms with Gasteiger partial charge in [0.1, 0.15) is 12.6 Å². The number of rotatable bonds is 15. The minimum Gasteiger partial charge on any atom is -0.445 e. The Morgan fingerprint density at radius 2 is 1.71 bits per heavy atom. The topological polar surface area (TPSA) is 184 Å². The first-order chi connectivity index (χ1) is 23.2. The molecule has 3 amide bonds. The monoisotopic (exact) mass is 661 g/mol. The van der Waals surface area contributed by atoms with Gasteiger partial charge in [0, 0.05) is 31.7 Å². The number of carbonyl (C=O) groups excluding carboxylic acids is 5. The molecule has 13 nitrogen and oxygen atoms in total. The van der Waals surface area contributed by atoms with E-state index in [1.165, 1.54) is 11.4 Å². The number of nitrogens with zero attached hydrogens (tertiary/aromatic N) is 2. The van der Waals surface area contributed by atoms with Crippen LogP contribution in [-0.4, -0.2) is 84.2 Å². The minimum atomic E-state index is -1.30. The summed E-state index contributed by atoms with van der Waals surface area (Å²) in [7, 11) is 1.65. The van der Waals surface area contributed by atoms with E-state index < -0.39 is 41.9 Å². The number of nitrogens with two attached hydrogens (primary N) is 1. The fourth-order valence-corrected chi connectivity index (χ4v) is 6.57. The van der Waals surface area contributed by atoms with E-state index in [1.54, 1.807) is 42.3 Å². The Kier molecular flexibility index (Phi) is 13.3. The summed E-state index contributed by atoms with van der Waals surface area (Å²) >= 11 is 0. The van der Waals surface area contributed by atoms with Crippen LogP contribution >= 0.6 is 0 Å². The van der Waals surface area contributed by atoms with E-state index in [0.717, 1.165) is 18.4 Å². The highest BCUT2D eigenvalue weighted by Crippen LogP contribution is 2.32. The third kappa shape index (κ3) is 9.55. The van der Waals surface area contributed by atoms with Gasteiger partial charge < -0.3 is 35.6 Å². The summed E-state index contributed by atoms with van der Waals surface area (Å²) in [6, 6.07) is 15.6. The molecule has 1 radical (unpaired) electrons. The van der Waals surface area contributed by atoms with Gasteiger partial charge in [-0.2, -0.15) is 0 Å². The highest BCUT2D eigenvalue weighted by molar-refractivity contribution is 5.96. The van der Waals surface area contributed by atoms with E-state index in [2.05, 4.69) is 10.6 Å². The lowest BCUT2D eigenvalue weighted by Gasteiger charge is -2.39. The number of benzene rings is 2. The van der Waals surface area contributed by atoms with Crippen molar-refractivity contribution < 1.29 is 33.4 Å². The molecule has 4 rings (SSSR count). The van der Waals surface area contributed by atoms with E-state index in [-0.39, 0.29) is 37.5 Å². The van der Waals surface area contributed by atoms with Gasteiger partial charge >= 0.3 is 12.6 Å². The van der Waals surface area contributed by atoms with Gasteiger partial charge in [0.15, 0.2) is 17.8 Å². The summed E-state index contributed by atoms with van der Waals surface area (Å²) in [5.41, 5.74) is 6.68. The number of likely N-dealkylation sites (tertiary alicyclic amines) is 1. The number of guanidine groups is 1. The Morgan fingerprint density at radius 3 is 2.40 bits per heavy atom. The van der Waals surface area contributed by atoms with Crippen molar-refractivity contribution in [1.82, 2.24) is 20.4 Å². The molecular weight excluding hydrogens is 616 g/mol. The molecule has 1 aliphatic heterocycles. The van der Waals surface area contributed by atoms with Crippen LogP contribution in [0.3, 0.4) is 0 Å². The molecule has 1 saturated carbocycles. The number of nitrogens with one attached hydrogen (secondary N) is 3. The van der Waals surface area contributed by atoms with Crippen molar-refractivity contribution in [3.8, 4) is 0 Å². The highest BCUT2D eigenvalue weighted by Gasteiger charge is 2.43. The van der Waals surface area contributed by atoms with Crippen molar-refractivity contribution in [2.75, 3.05) is 20.1 Å². The molecular formula is C35H45N6O7. The summed E-state index contributed by atoms with van der Waals surface area (Å²) in [6.07, 6.45) is 2.64. The first-order valence-corrected chi connectivity index (χ1v) is 16.4. The number of ketones is 1. The molecule has 257 valence electrons. The number of hydrogen-bond donors (Lipinski definition) is 4. The molecule has 2 aliphatic rings. The third-order valence-corrected chi connectivity index (χ3v) is 9.05. The maximum Gasteiger partial charge on any atom is 0.418 e. The van der Waals surface area contributed by atoms with Crippen molar-refractivity contribution in [3.63, 3.8) is 0 Å². The Labute approximate surface area is 281 Å². The second kappa shape index (κ2) is 17.8. The van der Waals surface area contributed by atoms with Gasteiger partial charge in [0.25, 0.3) is 0 Å². The molecule has 5 atom stereocenters. The lowest BCUT2D eigenvalue weighted by Crippen LogP contribution is -2.55. The van der Waals surface area contributed by atoms with Crippen LogP contribution in [0.2, 0.25) is 0 Å². The van der Waals surface area contributed by atoms with Crippen LogP contribution in [0.1, 0.15) is 68.6 Å². The summed E-state index contributed by atoms with van der Waals surface area (Å²) in [4.78, 5) is 69.1. The van der Waals surface area contributed by atoms with Crippen molar-refractivity contribution >= 4 is 36.1 Å². The Bertz CT molecular complexity index is 1410. The lowest BCUT2D eigenvalue weighted by atomic mass is 9.82. The second-order valence-electron chi connectivity index (χ2n) is 12.2. The van der Waals surface area contributed by atoms with Gasteiger partial charge in [-0.15, -0.1) is 0 Å². The standard InChI is InChI=1S/C35H45N6O7/c1-40(35(46)47-22-24-12-4-2-5-13-24)28-18-9-8-16-26(28)33(45)41-21-11-19-29(41)32(44)39-27(17-10-20-38-34(36)37)30(43)31(48-23-42)25-14-6-3-7-15-25/h2-7,12-15,26-29,31H,8-11,16-22H2,1H3,(H,39,44)(H4,36,37,38)/t26?,27-,28?,29-,31?/m0/s1. The van der Waals surface area contributed by atoms with Gasteiger partial charge in [-0.05, 0) is 44.1 Å². The molecule has 48 heavy (non-hydrogen) atoms. The quantitative estimate of drug-likeness (QED) is 0.127. The summed E-state index contributed by atoms with van der Waals surface area (Å²) in [5, 5.41) is 12.9. The molecule has 0 aromatic heterocycles. The number of amides is 3. The maximum atomic E-state index is 14.1. The van der Waals surface area contributed by atoms with Crippen molar-refractivity contribution in [2.24, 2.45) is 11.7 Å². The number of ether oxygens (including phenoxy) is 2. The van der Waals surface area contributed by atoms with Crippen LogP contribution in [0.4, 0.5) is 4.79 Å². The van der Waals surface area contributed by atoms with E-state index >= 15 is 0 Å². The largest absolute Gasteiger partial charge is 0.445 e. The van der Waals surface area contributed by atoms with Crippen LogP contribution in [0, 0.1) is 11.3 Å². The van der Waals surface area contributed by atoms with Crippen LogP contribution in [0.15, 0.2) is 60.7 Å². The van der Waals surface area contributed by atoms with Crippen LogP contribution in [0.5, 0.6) is 0 Å². The number of hydrogen-bond acceptors (Lipinski definition) is 8. The molecule has 2 fully saturated rings. The first-order valence-electron chi connectivity index (χ1n) is 16.4. The third-order valence-electron chi connectivity index (χ3n) is 9.05. The van der Waals surface area contributed by atoms with Crippen molar-refractivity contribution in [3.05, 3.63) is 71.8 Å². The normalized spacial score (nSPS) is 20.1. The van der Waals surface area contributed by atoms with Crippen molar-refractivity contribution in [1.29, 1.82) is 5.41 Å². The Balaban J connectivity index is 1.46. The molecule has 3 unspecified atom stereocenters. The molecule has 5 N–H and O–H groups in total. The van der Waals surface area contributed by atoms with Gasteiger partial charge in [0.05, 0.1) is 12.0 Å². The summed E-state index contributed by atoms with van der Waals surface area (Å²) in [6.45, 7) is 2.13. The van der Waals surface area contributed by atoms with Crippen LogP contribution in [0.25, 0.3) is 0 Å². The Morgan fingerprint density at radius 1 is 1.02 bits per heavy atom. The molecule has 0 bridgehead atoms. The van der Waals surface area contributed by atoms with Crippen molar-refractivity contribution in [2.45, 2.75) is 82.2 Å². The van der Waals surface area contributed by atoms with E-state index in [9.17, 15) is 24.0 Å². The summed E-state index contributed by atoms with van der Waals surface area (Å²) in [5.74, 6) is -1.95. The zero-order valence-corrected chi connectivity index (χ0v) is 27.3. The Hall–Kier alpha value is -4.94. The molecule has 0 spiro atoms. The van der Waals surface area contributed by atoms with Gasteiger partial charge in [-0.1, -0.05) is 73.5 Å². The highest BCUT2D eigenvalue weighted by atomic mass is 16.6. The predicted molar refractivity (Wildman–Crippen MR) is 177 cm³/mol. The lowest BCUT2D eigenvalue weighted by molar-refractivity contribution is -0.145. The number of carbonyl (C=O) groups is 4. The molecule has 1 heterocycles. The molecule has 1 aliphatic carbocycles. The average molecular weight is 662 g/mol. The van der Waals surface area contributed by atoms with Crippen LogP contribution in [-0.2, 0) is 35.3 Å². The first kappa shape index (κ1) is 35.9. The molecule has 2 aromatic rings. The zero-order valence-electron chi connectivity index (χ0n) is 27.3. The maximum absolute atomic E-state index is 14.1. The van der Waals surface area contributed by atoms with Gasteiger partial charge in [0.2, 0.25) is 11.8 Å². The molecule has 2 aromatic carbocycles. The molecule has 13 heteroatoms. The predicted octanol–water partition coefficient (Wildman–Crippen LogP) is 2.95. The zero-order chi connectivity index (χ0) is 34.5. The fraction of sp³-hybridized carbons (Fsp3) is 0.486. The minimum absolute atomic E-state index is 0.121. The second-order valence-corrected chi connectivity index (χ2v) is 12.2. The van der Waals surface area contributed by atoms with E-state index in [4.69, 9.17) is 20.6 Å². The van der Waals surface area contributed by atoms with E-state index in [1.807, 2.05) is 30.3 Å². The smallest absolute Gasteiger partial charge is 0.418 e.